The summed E-state index contributed by atoms with van der Waals surface area (Å²) in [6.07, 6.45) is 0. The molecular weight excluding hydrogens is 172 g/mol. The summed E-state index contributed by atoms with van der Waals surface area (Å²) < 4.78 is 10.3. The molecule has 3 nitrogen and oxygen atoms in total. The average Bonchev–Trinajstić information content (AvgIpc) is 2.48. The number of aromatic nitrogens is 1. The van der Waals surface area contributed by atoms with E-state index >= 15 is 0 Å². The van der Waals surface area contributed by atoms with Crippen LogP contribution in [0.25, 0.3) is 10.1 Å². The molecule has 0 bridgehead atoms. The van der Waals surface area contributed by atoms with Crippen molar-refractivity contribution in [2.75, 3.05) is 12.8 Å². The Morgan fingerprint density at radius 1 is 1.50 bits per heavy atom. The van der Waals surface area contributed by atoms with E-state index in [0.29, 0.717) is 5.82 Å². The molecule has 0 aliphatic rings. The van der Waals surface area contributed by atoms with E-state index in [1.54, 1.807) is 7.11 Å². The molecule has 0 fully saturated rings. The maximum absolute atomic E-state index is 5.67. The van der Waals surface area contributed by atoms with Gasteiger partial charge in [0.15, 0.2) is 0 Å². The number of nitrogens with two attached hydrogens (primary N) is 1. The third kappa shape index (κ3) is 0.921. The summed E-state index contributed by atoms with van der Waals surface area (Å²) in [5.41, 5.74) is 5.67. The molecule has 0 spiro atoms. The van der Waals surface area contributed by atoms with Crippen LogP contribution in [0.1, 0.15) is 0 Å². The smallest absolute Gasteiger partial charge is 0.148 e. The Kier molecular flexibility index (Phi) is 1.62. The molecule has 12 heavy (non-hydrogen) atoms. The summed E-state index contributed by atoms with van der Waals surface area (Å²) in [5, 5.41) is 0.921. The van der Waals surface area contributed by atoms with Crippen molar-refractivity contribution in [3.8, 4) is 5.75 Å². The number of nitrogens with zero attached hydrogens (tertiary/aromatic N) is 1. The summed E-state index contributed by atoms with van der Waals surface area (Å²) >= 11 is 1.39. The number of benzene rings is 1. The van der Waals surface area contributed by atoms with Crippen LogP contribution in [0.4, 0.5) is 5.82 Å². The van der Waals surface area contributed by atoms with Gasteiger partial charge in [-0.25, -0.2) is 0 Å². The Morgan fingerprint density at radius 3 is 3.08 bits per heavy atom. The van der Waals surface area contributed by atoms with Gasteiger partial charge in [0.2, 0.25) is 0 Å². The van der Waals surface area contributed by atoms with E-state index in [4.69, 9.17) is 10.5 Å². The zero-order valence-electron chi connectivity index (χ0n) is 6.57. The second-order valence-corrected chi connectivity index (χ2v) is 3.21. The van der Waals surface area contributed by atoms with Gasteiger partial charge in [0, 0.05) is 0 Å². The van der Waals surface area contributed by atoms with Crippen LogP contribution in [0, 0.1) is 0 Å². The highest BCUT2D eigenvalue weighted by Gasteiger charge is 2.07. The van der Waals surface area contributed by atoms with Crippen molar-refractivity contribution >= 4 is 27.4 Å². The predicted molar refractivity (Wildman–Crippen MR) is 50.6 cm³/mol. The number of anilines is 1. The molecule has 0 radical (unpaired) electrons. The normalized spacial score (nSPS) is 10.4. The van der Waals surface area contributed by atoms with Gasteiger partial charge in [-0.1, -0.05) is 6.07 Å². The number of hydrogen-bond acceptors (Lipinski definition) is 4. The van der Waals surface area contributed by atoms with E-state index in [1.807, 2.05) is 18.2 Å². The fraction of sp³-hybridized carbons (Fsp3) is 0.125. The Balaban J connectivity index is 2.84. The lowest BCUT2D eigenvalue weighted by atomic mass is 10.2. The van der Waals surface area contributed by atoms with Crippen LogP contribution in [-0.4, -0.2) is 11.5 Å². The lowest BCUT2D eigenvalue weighted by molar-refractivity contribution is 0.420. The maximum Gasteiger partial charge on any atom is 0.148 e. The predicted octanol–water partition coefficient (Wildman–Crippen LogP) is 1.89. The van der Waals surface area contributed by atoms with Gasteiger partial charge < -0.3 is 10.5 Å². The van der Waals surface area contributed by atoms with Crippen LogP contribution in [0.2, 0.25) is 0 Å². The molecule has 2 N–H and O–H groups in total. The molecule has 62 valence electrons. The van der Waals surface area contributed by atoms with Crippen molar-refractivity contribution in [1.29, 1.82) is 0 Å². The summed E-state index contributed by atoms with van der Waals surface area (Å²) in [6, 6.07) is 5.79. The number of ether oxygens (including phenoxy) is 1. The lowest BCUT2D eigenvalue weighted by Crippen LogP contribution is -1.87. The van der Waals surface area contributed by atoms with Crippen LogP contribution >= 0.6 is 11.5 Å². The molecule has 1 aromatic carbocycles. The minimum Gasteiger partial charge on any atom is -0.496 e. The Bertz CT molecular complexity index is 410. The summed E-state index contributed by atoms with van der Waals surface area (Å²) in [6.45, 7) is 0. The lowest BCUT2D eigenvalue weighted by Gasteiger charge is -1.99. The zero-order chi connectivity index (χ0) is 8.55. The molecule has 0 unspecified atom stereocenters. The molecular formula is C8H8N2OS. The third-order valence-electron chi connectivity index (χ3n) is 1.71. The van der Waals surface area contributed by atoms with Crippen LogP contribution in [0.5, 0.6) is 5.75 Å². The largest absolute Gasteiger partial charge is 0.496 e. The molecule has 1 heterocycles. The maximum atomic E-state index is 5.67. The van der Waals surface area contributed by atoms with Gasteiger partial charge in [-0.2, -0.15) is 4.37 Å². The number of rotatable bonds is 1. The van der Waals surface area contributed by atoms with E-state index in [0.717, 1.165) is 15.8 Å². The number of hydrogen-bond donors (Lipinski definition) is 1. The highest BCUT2D eigenvalue weighted by atomic mass is 32.1. The Labute approximate surface area is 73.9 Å². The van der Waals surface area contributed by atoms with Crippen molar-refractivity contribution in [2.45, 2.75) is 0 Å². The zero-order valence-corrected chi connectivity index (χ0v) is 7.39. The molecule has 2 aromatic rings. The SMILES string of the molecule is COc1cccc2snc(N)c12. The molecule has 1 aromatic heterocycles. The van der Waals surface area contributed by atoms with Crippen molar-refractivity contribution in [3.63, 3.8) is 0 Å². The highest BCUT2D eigenvalue weighted by Crippen LogP contribution is 2.32. The first-order valence-electron chi connectivity index (χ1n) is 3.51. The van der Waals surface area contributed by atoms with Gasteiger partial charge in [-0.05, 0) is 23.7 Å². The fourth-order valence-electron chi connectivity index (χ4n) is 1.15. The molecule has 0 amide bonds. The number of nitrogen functional groups attached to an aromatic ring is 1. The van der Waals surface area contributed by atoms with Crippen molar-refractivity contribution in [1.82, 2.24) is 4.37 Å². The third-order valence-corrected chi connectivity index (χ3v) is 2.53. The van der Waals surface area contributed by atoms with Crippen molar-refractivity contribution in [2.24, 2.45) is 0 Å². The fourth-order valence-corrected chi connectivity index (χ4v) is 1.88. The van der Waals surface area contributed by atoms with Crippen LogP contribution in [0.3, 0.4) is 0 Å². The van der Waals surface area contributed by atoms with Gasteiger partial charge in [0.25, 0.3) is 0 Å². The van der Waals surface area contributed by atoms with E-state index in [1.165, 1.54) is 11.5 Å². The van der Waals surface area contributed by atoms with Crippen LogP contribution in [0.15, 0.2) is 18.2 Å². The van der Waals surface area contributed by atoms with Gasteiger partial charge in [-0.3, -0.25) is 0 Å². The first-order chi connectivity index (χ1) is 5.83. The highest BCUT2D eigenvalue weighted by molar-refractivity contribution is 7.13. The standard InChI is InChI=1S/C8H8N2OS/c1-11-5-3-2-4-6-7(5)8(9)10-12-6/h2-4H,1H3,(H2,9,10). The van der Waals surface area contributed by atoms with E-state index in [9.17, 15) is 0 Å². The minimum absolute atomic E-state index is 0.549. The first-order valence-corrected chi connectivity index (χ1v) is 4.28. The quantitative estimate of drug-likeness (QED) is 0.729. The first kappa shape index (κ1) is 7.36. The van der Waals surface area contributed by atoms with Crippen molar-refractivity contribution in [3.05, 3.63) is 18.2 Å². The average molecular weight is 180 g/mol. The van der Waals surface area contributed by atoms with Crippen LogP contribution < -0.4 is 10.5 Å². The molecule has 2 rings (SSSR count). The van der Waals surface area contributed by atoms with Crippen molar-refractivity contribution < 1.29 is 4.74 Å². The molecule has 0 aliphatic heterocycles. The number of fused-ring (bicyclic) bond motifs is 1. The minimum atomic E-state index is 0.549. The molecule has 4 heteroatoms. The second kappa shape index (κ2) is 2.64. The topological polar surface area (TPSA) is 48.1 Å². The summed E-state index contributed by atoms with van der Waals surface area (Å²) in [5.74, 6) is 1.34. The molecule has 0 saturated carbocycles. The van der Waals surface area contributed by atoms with E-state index < -0.39 is 0 Å². The van der Waals surface area contributed by atoms with Gasteiger partial charge in [-0.15, -0.1) is 0 Å². The Hall–Kier alpha value is -1.29. The molecule has 0 aliphatic carbocycles. The van der Waals surface area contributed by atoms with E-state index in [-0.39, 0.29) is 0 Å². The van der Waals surface area contributed by atoms with Gasteiger partial charge >= 0.3 is 0 Å². The van der Waals surface area contributed by atoms with Gasteiger partial charge in [0.05, 0.1) is 17.2 Å². The molecule has 0 atom stereocenters. The summed E-state index contributed by atoms with van der Waals surface area (Å²) in [7, 11) is 1.63. The Morgan fingerprint density at radius 2 is 2.33 bits per heavy atom. The van der Waals surface area contributed by atoms with Gasteiger partial charge in [0.1, 0.15) is 11.6 Å². The monoisotopic (exact) mass is 180 g/mol. The van der Waals surface area contributed by atoms with E-state index in [2.05, 4.69) is 4.37 Å². The second-order valence-electron chi connectivity index (χ2n) is 2.40. The summed E-state index contributed by atoms with van der Waals surface area (Å²) in [4.78, 5) is 0. The molecule has 0 saturated heterocycles. The van der Waals surface area contributed by atoms with Crippen LogP contribution in [-0.2, 0) is 0 Å². The number of methoxy groups -OCH3 is 1.